The van der Waals surface area contributed by atoms with Crippen molar-refractivity contribution in [2.24, 2.45) is 11.8 Å². The lowest BCUT2D eigenvalue weighted by Crippen LogP contribution is -2.42. The minimum absolute atomic E-state index is 0.00310. The number of hydrogen-bond acceptors (Lipinski definition) is 3. The zero-order chi connectivity index (χ0) is 15.9. The number of urea groups is 1. The number of carbonyl (C=O) groups excluding carboxylic acids is 1. The van der Waals surface area contributed by atoms with Crippen LogP contribution in [-0.4, -0.2) is 42.2 Å². The third-order valence-electron chi connectivity index (χ3n) is 4.08. The van der Waals surface area contributed by atoms with Gasteiger partial charge in [-0.25, -0.2) is 4.79 Å². The summed E-state index contributed by atoms with van der Waals surface area (Å²) in [6, 6.07) is 5.76. The molecule has 2 atom stereocenters. The van der Waals surface area contributed by atoms with Crippen molar-refractivity contribution in [1.82, 2.24) is 15.2 Å². The molecule has 0 unspecified atom stereocenters. The van der Waals surface area contributed by atoms with Crippen molar-refractivity contribution < 1.29 is 9.53 Å². The van der Waals surface area contributed by atoms with Crippen LogP contribution in [-0.2, 0) is 4.74 Å². The van der Waals surface area contributed by atoms with Gasteiger partial charge in [-0.2, -0.15) is 0 Å². The summed E-state index contributed by atoms with van der Waals surface area (Å²) in [5.41, 5.74) is 0.913. The van der Waals surface area contributed by atoms with Crippen LogP contribution in [0.4, 0.5) is 4.79 Å². The summed E-state index contributed by atoms with van der Waals surface area (Å²) >= 11 is 0. The van der Waals surface area contributed by atoms with Crippen molar-refractivity contribution in [2.45, 2.75) is 33.2 Å². The molecule has 2 amide bonds. The molecule has 1 N–H and O–H groups in total. The number of amides is 2. The molecule has 0 aromatic carbocycles. The summed E-state index contributed by atoms with van der Waals surface area (Å²) in [6.07, 6.45) is 2.79. The zero-order valence-electron chi connectivity index (χ0n) is 13.8. The number of nitrogens with one attached hydrogen (secondary N) is 1. The van der Waals surface area contributed by atoms with E-state index in [0.717, 1.165) is 38.4 Å². The lowest BCUT2D eigenvalue weighted by molar-refractivity contribution is 0.113. The fraction of sp³-hybridized carbons (Fsp3) is 0.647. The predicted molar refractivity (Wildman–Crippen MR) is 86.5 cm³/mol. The van der Waals surface area contributed by atoms with Crippen LogP contribution < -0.4 is 5.32 Å². The third-order valence-corrected chi connectivity index (χ3v) is 4.08. The van der Waals surface area contributed by atoms with Crippen molar-refractivity contribution in [2.75, 3.05) is 26.3 Å². The van der Waals surface area contributed by atoms with E-state index in [1.165, 1.54) is 0 Å². The summed E-state index contributed by atoms with van der Waals surface area (Å²) in [5.74, 6) is 0.749. The average Bonchev–Trinajstić information content (AvgIpc) is 3.00. The summed E-state index contributed by atoms with van der Waals surface area (Å²) < 4.78 is 5.47. The first-order valence-corrected chi connectivity index (χ1v) is 8.16. The van der Waals surface area contributed by atoms with Crippen LogP contribution in [0.1, 0.15) is 38.9 Å². The van der Waals surface area contributed by atoms with Gasteiger partial charge in [0.2, 0.25) is 0 Å². The van der Waals surface area contributed by atoms with Gasteiger partial charge >= 0.3 is 6.03 Å². The Morgan fingerprint density at radius 1 is 1.50 bits per heavy atom. The number of carbonyl (C=O) groups is 1. The number of rotatable bonds is 6. The summed E-state index contributed by atoms with van der Waals surface area (Å²) in [4.78, 5) is 18.8. The smallest absolute Gasteiger partial charge is 0.317 e. The van der Waals surface area contributed by atoms with Gasteiger partial charge in [-0.1, -0.05) is 19.9 Å². The van der Waals surface area contributed by atoms with E-state index in [-0.39, 0.29) is 12.1 Å². The molecule has 0 bridgehead atoms. The van der Waals surface area contributed by atoms with Crippen molar-refractivity contribution in [3.05, 3.63) is 30.1 Å². The van der Waals surface area contributed by atoms with Crippen LogP contribution in [0.5, 0.6) is 0 Å². The maximum absolute atomic E-state index is 12.5. The maximum Gasteiger partial charge on any atom is 0.317 e. The number of aromatic nitrogens is 1. The third kappa shape index (κ3) is 4.44. The second kappa shape index (κ2) is 8.13. The molecule has 1 aliphatic rings. The van der Waals surface area contributed by atoms with E-state index in [9.17, 15) is 4.79 Å². The summed E-state index contributed by atoms with van der Waals surface area (Å²) in [7, 11) is 0. The second-order valence-corrected chi connectivity index (χ2v) is 6.19. The van der Waals surface area contributed by atoms with Crippen LogP contribution in [0.15, 0.2) is 24.4 Å². The molecule has 1 aromatic rings. The fourth-order valence-corrected chi connectivity index (χ4v) is 2.80. The number of likely N-dealkylation sites (tertiary alicyclic amines) is 1. The molecule has 122 valence electrons. The molecule has 2 rings (SSSR count). The monoisotopic (exact) mass is 305 g/mol. The van der Waals surface area contributed by atoms with E-state index in [4.69, 9.17) is 4.74 Å². The molecular formula is C17H27N3O2. The van der Waals surface area contributed by atoms with Gasteiger partial charge in [-0.3, -0.25) is 4.98 Å². The van der Waals surface area contributed by atoms with E-state index in [2.05, 4.69) is 24.1 Å². The topological polar surface area (TPSA) is 54.5 Å². The van der Waals surface area contributed by atoms with Gasteiger partial charge in [0.25, 0.3) is 0 Å². The number of pyridine rings is 1. The van der Waals surface area contributed by atoms with E-state index in [1.54, 1.807) is 6.20 Å². The second-order valence-electron chi connectivity index (χ2n) is 6.19. The maximum atomic E-state index is 12.5. The van der Waals surface area contributed by atoms with Gasteiger partial charge in [0.1, 0.15) is 0 Å². The quantitative estimate of drug-likeness (QED) is 0.879. The lowest BCUT2D eigenvalue weighted by Gasteiger charge is -2.25. The molecule has 0 radical (unpaired) electrons. The highest BCUT2D eigenvalue weighted by Crippen LogP contribution is 2.22. The Kier molecular flexibility index (Phi) is 6.19. The first kappa shape index (κ1) is 16.7. The molecule has 0 spiro atoms. The van der Waals surface area contributed by atoms with Crippen LogP contribution in [0.3, 0.4) is 0 Å². The Morgan fingerprint density at radius 3 is 2.95 bits per heavy atom. The molecule has 22 heavy (non-hydrogen) atoms. The Bertz CT molecular complexity index is 464. The van der Waals surface area contributed by atoms with E-state index < -0.39 is 0 Å². The highest BCUT2D eigenvalue weighted by Gasteiger charge is 2.28. The lowest BCUT2D eigenvalue weighted by atomic mass is 10.0. The van der Waals surface area contributed by atoms with Gasteiger partial charge in [0, 0.05) is 31.8 Å². The summed E-state index contributed by atoms with van der Waals surface area (Å²) in [5, 5.41) is 3.14. The molecular weight excluding hydrogens is 278 g/mol. The number of ether oxygens (including phenoxy) is 1. The van der Waals surface area contributed by atoms with Gasteiger partial charge in [0.15, 0.2) is 0 Å². The predicted octanol–water partition coefficient (Wildman–Crippen LogP) is 2.85. The molecule has 5 heteroatoms. The highest BCUT2D eigenvalue weighted by atomic mass is 16.5. The van der Waals surface area contributed by atoms with Gasteiger partial charge in [0.05, 0.1) is 18.3 Å². The molecule has 1 aliphatic heterocycles. The van der Waals surface area contributed by atoms with Gasteiger partial charge in [-0.05, 0) is 31.4 Å². The van der Waals surface area contributed by atoms with Gasteiger partial charge in [-0.15, -0.1) is 0 Å². The van der Waals surface area contributed by atoms with Crippen molar-refractivity contribution >= 4 is 6.03 Å². The molecule has 1 fully saturated rings. The molecule has 0 aliphatic carbocycles. The Labute approximate surface area is 133 Å². The Hall–Kier alpha value is -1.62. The van der Waals surface area contributed by atoms with Crippen molar-refractivity contribution in [3.8, 4) is 0 Å². The number of hydrogen-bond donors (Lipinski definition) is 1. The minimum Gasteiger partial charge on any atom is -0.381 e. The number of nitrogens with zero attached hydrogens (tertiary/aromatic N) is 2. The molecule has 5 nitrogen and oxygen atoms in total. The molecule has 1 saturated heterocycles. The van der Waals surface area contributed by atoms with Gasteiger partial charge < -0.3 is 15.0 Å². The molecule has 0 saturated carbocycles. The van der Waals surface area contributed by atoms with E-state index >= 15 is 0 Å². The van der Waals surface area contributed by atoms with Crippen molar-refractivity contribution in [3.63, 3.8) is 0 Å². The zero-order valence-corrected chi connectivity index (χ0v) is 13.8. The normalized spacial score (nSPS) is 19.5. The first-order chi connectivity index (χ1) is 10.6. The van der Waals surface area contributed by atoms with Crippen LogP contribution in [0.25, 0.3) is 0 Å². The molecule has 2 heterocycles. The standard InChI is InChI=1S/C17H27N3O2/c1-4-22-12-14-8-10-20(11-14)17(21)19-16(13(2)3)15-7-5-6-9-18-15/h5-7,9,13-14,16H,4,8,10-12H2,1-3H3,(H,19,21)/t14-,16+/m1/s1. The average molecular weight is 305 g/mol. The summed E-state index contributed by atoms with van der Waals surface area (Å²) in [6.45, 7) is 9.25. The highest BCUT2D eigenvalue weighted by molar-refractivity contribution is 5.75. The molecule has 1 aromatic heterocycles. The first-order valence-electron chi connectivity index (χ1n) is 8.16. The fourth-order valence-electron chi connectivity index (χ4n) is 2.80. The van der Waals surface area contributed by atoms with Crippen LogP contribution in [0, 0.1) is 11.8 Å². The van der Waals surface area contributed by atoms with E-state index in [1.807, 2.05) is 30.0 Å². The van der Waals surface area contributed by atoms with Crippen LogP contribution in [0.2, 0.25) is 0 Å². The minimum atomic E-state index is -0.0559. The SMILES string of the molecule is CCOC[C@@H]1CCN(C(=O)N[C@H](c2ccccn2)C(C)C)C1. The Morgan fingerprint density at radius 2 is 2.32 bits per heavy atom. The largest absolute Gasteiger partial charge is 0.381 e. The van der Waals surface area contributed by atoms with E-state index in [0.29, 0.717) is 11.8 Å². The van der Waals surface area contributed by atoms with Crippen LogP contribution >= 0.6 is 0 Å². The Balaban J connectivity index is 1.92. The van der Waals surface area contributed by atoms with Crippen molar-refractivity contribution in [1.29, 1.82) is 0 Å².